The Kier molecular flexibility index (Phi) is 3.22. The molecule has 1 aromatic heterocycles. The van der Waals surface area contributed by atoms with Gasteiger partial charge in [-0.15, -0.1) is 0 Å². The summed E-state index contributed by atoms with van der Waals surface area (Å²) in [7, 11) is 0. The molecule has 0 bridgehead atoms. The minimum atomic E-state index is 0.208. The van der Waals surface area contributed by atoms with Gasteiger partial charge < -0.3 is 0 Å². The predicted octanol–water partition coefficient (Wildman–Crippen LogP) is 2.54. The van der Waals surface area contributed by atoms with Crippen molar-refractivity contribution in [2.24, 2.45) is 0 Å². The van der Waals surface area contributed by atoms with Crippen molar-refractivity contribution >= 4 is 17.9 Å². The smallest absolute Gasteiger partial charge is 0.151 e. The molecule has 0 spiro atoms. The fourth-order valence-electron chi connectivity index (χ4n) is 1.47. The molecule has 0 N–H and O–H groups in total. The van der Waals surface area contributed by atoms with Crippen LogP contribution in [0.4, 0.5) is 0 Å². The van der Waals surface area contributed by atoms with Crippen LogP contribution < -0.4 is 0 Å². The van der Waals surface area contributed by atoms with E-state index in [0.717, 1.165) is 11.1 Å². The monoisotopic (exact) mass is 245 g/mol. The van der Waals surface area contributed by atoms with Crippen molar-refractivity contribution in [3.05, 3.63) is 41.2 Å². The Morgan fingerprint density at radius 1 is 1.47 bits per heavy atom. The highest BCUT2D eigenvalue weighted by molar-refractivity contribution is 6.33. The lowest BCUT2D eigenvalue weighted by molar-refractivity contribution is 0.112. The minimum Gasteiger partial charge on any atom is -0.298 e. The van der Waals surface area contributed by atoms with Gasteiger partial charge in [0.15, 0.2) is 6.29 Å². The highest BCUT2D eigenvalue weighted by atomic mass is 35.5. The number of hydrogen-bond donors (Lipinski definition) is 0. The standard InChI is InChI=1S/C12H8ClN3O/c13-12-5-9(1-2-10(12)8-17)11-6-15-16(7-11)4-3-14/h1-2,5-8H,4H2. The summed E-state index contributed by atoms with van der Waals surface area (Å²) in [6.45, 7) is 0.208. The number of benzene rings is 1. The van der Waals surface area contributed by atoms with E-state index in [2.05, 4.69) is 5.10 Å². The van der Waals surface area contributed by atoms with Gasteiger partial charge in [-0.2, -0.15) is 10.4 Å². The van der Waals surface area contributed by atoms with Crippen LogP contribution in [0.25, 0.3) is 11.1 Å². The third-order valence-electron chi connectivity index (χ3n) is 2.33. The van der Waals surface area contributed by atoms with Gasteiger partial charge in [-0.3, -0.25) is 9.48 Å². The van der Waals surface area contributed by atoms with E-state index in [9.17, 15) is 4.79 Å². The van der Waals surface area contributed by atoms with Gasteiger partial charge in [-0.25, -0.2) is 0 Å². The number of nitriles is 1. The number of rotatable bonds is 3. The molecular formula is C12H8ClN3O. The molecule has 0 saturated heterocycles. The SMILES string of the molecule is N#CCn1cc(-c2ccc(C=O)c(Cl)c2)cn1. The molecule has 0 aliphatic carbocycles. The number of halogens is 1. The Bertz CT molecular complexity index is 598. The second-order valence-electron chi connectivity index (χ2n) is 3.44. The van der Waals surface area contributed by atoms with Gasteiger partial charge in [-0.05, 0) is 17.7 Å². The lowest BCUT2D eigenvalue weighted by atomic mass is 10.1. The van der Waals surface area contributed by atoms with Gasteiger partial charge in [-0.1, -0.05) is 17.7 Å². The predicted molar refractivity (Wildman–Crippen MR) is 63.7 cm³/mol. The largest absolute Gasteiger partial charge is 0.298 e. The Hall–Kier alpha value is -2.12. The molecule has 17 heavy (non-hydrogen) atoms. The van der Waals surface area contributed by atoms with Crippen LogP contribution in [0, 0.1) is 11.3 Å². The summed E-state index contributed by atoms with van der Waals surface area (Å²) in [4.78, 5) is 10.6. The Labute approximate surface area is 103 Å². The van der Waals surface area contributed by atoms with Crippen LogP contribution in [0.3, 0.4) is 0 Å². The lowest BCUT2D eigenvalue weighted by Crippen LogP contribution is -1.93. The Balaban J connectivity index is 2.36. The second-order valence-corrected chi connectivity index (χ2v) is 3.85. The van der Waals surface area contributed by atoms with Crippen LogP contribution in [0.1, 0.15) is 10.4 Å². The Morgan fingerprint density at radius 2 is 2.29 bits per heavy atom. The summed E-state index contributed by atoms with van der Waals surface area (Å²) >= 11 is 5.94. The molecule has 2 rings (SSSR count). The summed E-state index contributed by atoms with van der Waals surface area (Å²) in [6, 6.07) is 7.17. The average Bonchev–Trinajstić information content (AvgIpc) is 2.78. The first kappa shape index (κ1) is 11.4. The van der Waals surface area contributed by atoms with Crippen molar-refractivity contribution in [3.8, 4) is 17.2 Å². The molecule has 0 atom stereocenters. The van der Waals surface area contributed by atoms with Crippen molar-refractivity contribution in [1.82, 2.24) is 9.78 Å². The van der Waals surface area contributed by atoms with Gasteiger partial charge in [0.2, 0.25) is 0 Å². The van der Waals surface area contributed by atoms with Crippen molar-refractivity contribution < 1.29 is 4.79 Å². The molecule has 0 aliphatic heterocycles. The third-order valence-corrected chi connectivity index (χ3v) is 2.65. The van der Waals surface area contributed by atoms with Crippen LogP contribution in [0.2, 0.25) is 5.02 Å². The molecule has 0 amide bonds. The fraction of sp³-hybridized carbons (Fsp3) is 0.0833. The summed E-state index contributed by atoms with van der Waals surface area (Å²) in [5, 5.41) is 13.0. The normalized spacial score (nSPS) is 9.88. The van der Waals surface area contributed by atoms with Crippen LogP contribution in [0.5, 0.6) is 0 Å². The van der Waals surface area contributed by atoms with Gasteiger partial charge in [0.25, 0.3) is 0 Å². The van der Waals surface area contributed by atoms with Gasteiger partial charge in [0.1, 0.15) is 6.54 Å². The molecule has 0 unspecified atom stereocenters. The molecular weight excluding hydrogens is 238 g/mol. The molecule has 1 heterocycles. The summed E-state index contributed by atoms with van der Waals surface area (Å²) in [5.74, 6) is 0. The highest BCUT2D eigenvalue weighted by Gasteiger charge is 2.05. The highest BCUT2D eigenvalue weighted by Crippen LogP contribution is 2.24. The summed E-state index contributed by atoms with van der Waals surface area (Å²) in [5.41, 5.74) is 2.18. The maximum atomic E-state index is 10.6. The maximum Gasteiger partial charge on any atom is 0.151 e. The van der Waals surface area contributed by atoms with E-state index >= 15 is 0 Å². The first-order valence-corrected chi connectivity index (χ1v) is 5.27. The minimum absolute atomic E-state index is 0.208. The van der Waals surface area contributed by atoms with Crippen molar-refractivity contribution in [2.75, 3.05) is 0 Å². The lowest BCUT2D eigenvalue weighted by Gasteiger charge is -2.00. The number of aldehydes is 1. The fourth-order valence-corrected chi connectivity index (χ4v) is 1.70. The summed E-state index contributed by atoms with van der Waals surface area (Å²) in [6.07, 6.45) is 4.13. The average molecular weight is 246 g/mol. The van der Waals surface area contributed by atoms with Crippen LogP contribution in [0.15, 0.2) is 30.6 Å². The van der Waals surface area contributed by atoms with Gasteiger partial charge >= 0.3 is 0 Å². The van der Waals surface area contributed by atoms with E-state index in [-0.39, 0.29) is 6.54 Å². The zero-order chi connectivity index (χ0) is 12.3. The first-order valence-electron chi connectivity index (χ1n) is 4.89. The molecule has 0 aliphatic rings. The van der Waals surface area contributed by atoms with Crippen molar-refractivity contribution in [2.45, 2.75) is 6.54 Å². The van der Waals surface area contributed by atoms with Gasteiger partial charge in [0.05, 0.1) is 17.3 Å². The number of hydrogen-bond acceptors (Lipinski definition) is 3. The quantitative estimate of drug-likeness (QED) is 0.781. The second kappa shape index (κ2) is 4.81. The van der Waals surface area contributed by atoms with E-state index in [1.54, 1.807) is 30.6 Å². The van der Waals surface area contributed by atoms with E-state index in [4.69, 9.17) is 16.9 Å². The topological polar surface area (TPSA) is 58.7 Å². The molecule has 1 aromatic carbocycles. The molecule has 84 valence electrons. The van der Waals surface area contributed by atoms with E-state index in [0.29, 0.717) is 16.9 Å². The molecule has 0 saturated carbocycles. The number of carbonyl (C=O) groups excluding carboxylic acids is 1. The Morgan fingerprint density at radius 3 is 2.94 bits per heavy atom. The van der Waals surface area contributed by atoms with E-state index < -0.39 is 0 Å². The van der Waals surface area contributed by atoms with E-state index in [1.165, 1.54) is 4.68 Å². The third kappa shape index (κ3) is 2.35. The zero-order valence-electron chi connectivity index (χ0n) is 8.80. The molecule has 4 nitrogen and oxygen atoms in total. The van der Waals surface area contributed by atoms with Crippen molar-refractivity contribution in [1.29, 1.82) is 5.26 Å². The molecule has 0 radical (unpaired) electrons. The summed E-state index contributed by atoms with van der Waals surface area (Å²) < 4.78 is 1.54. The van der Waals surface area contributed by atoms with Crippen LogP contribution >= 0.6 is 11.6 Å². The number of aromatic nitrogens is 2. The zero-order valence-corrected chi connectivity index (χ0v) is 9.55. The van der Waals surface area contributed by atoms with Crippen LogP contribution in [-0.2, 0) is 6.54 Å². The first-order chi connectivity index (χ1) is 8.24. The number of carbonyl (C=O) groups is 1. The molecule has 0 fully saturated rings. The van der Waals surface area contributed by atoms with Crippen molar-refractivity contribution in [3.63, 3.8) is 0 Å². The maximum absolute atomic E-state index is 10.6. The van der Waals surface area contributed by atoms with Gasteiger partial charge in [0, 0.05) is 17.3 Å². The number of nitrogens with zero attached hydrogens (tertiary/aromatic N) is 3. The van der Waals surface area contributed by atoms with E-state index in [1.807, 2.05) is 6.07 Å². The van der Waals surface area contributed by atoms with Crippen LogP contribution in [-0.4, -0.2) is 16.1 Å². The molecule has 5 heteroatoms. The molecule has 2 aromatic rings.